The molecule has 3 heterocycles. The Bertz CT molecular complexity index is 1110. The predicted molar refractivity (Wildman–Crippen MR) is 134 cm³/mol. The molecule has 38 heavy (non-hydrogen) atoms. The summed E-state index contributed by atoms with van der Waals surface area (Å²) < 4.78 is 36.8. The van der Waals surface area contributed by atoms with E-state index in [9.17, 15) is 18.0 Å². The first-order valence-corrected chi connectivity index (χ1v) is 12.7. The number of carbonyl (C=O) groups excluding carboxylic acids is 1. The maximum Gasteiger partial charge on any atom is 0.490 e. The topological polar surface area (TPSA) is 117 Å². The van der Waals surface area contributed by atoms with Crippen LogP contribution in [0.5, 0.6) is 0 Å². The zero-order valence-corrected chi connectivity index (χ0v) is 21.1. The lowest BCUT2D eigenvalue weighted by atomic mass is 9.90. The Balaban J connectivity index is 0.000000426. The normalized spacial score (nSPS) is 23.7. The van der Waals surface area contributed by atoms with Crippen molar-refractivity contribution in [2.75, 3.05) is 29.9 Å². The number of nitrogens with zero attached hydrogens (tertiary/aromatic N) is 3. The van der Waals surface area contributed by atoms with Gasteiger partial charge in [0.2, 0.25) is 0 Å². The summed E-state index contributed by atoms with van der Waals surface area (Å²) in [4.78, 5) is 31.8. The lowest BCUT2D eigenvalue weighted by Gasteiger charge is -2.35. The first-order valence-electron chi connectivity index (χ1n) is 12.7. The molecule has 1 saturated carbocycles. The number of aromatic nitrogens is 2. The highest BCUT2D eigenvalue weighted by Gasteiger charge is 2.38. The van der Waals surface area contributed by atoms with Crippen molar-refractivity contribution in [3.63, 3.8) is 0 Å². The number of alkyl halides is 3. The number of hydrogen-bond acceptors (Lipinski definition) is 7. The van der Waals surface area contributed by atoms with Gasteiger partial charge in [0.05, 0.1) is 6.04 Å². The molecule has 3 fully saturated rings. The summed E-state index contributed by atoms with van der Waals surface area (Å²) in [6, 6.07) is 11.4. The molecule has 1 aliphatic carbocycles. The molecule has 0 bridgehead atoms. The fourth-order valence-corrected chi connectivity index (χ4v) is 5.48. The van der Waals surface area contributed by atoms with Crippen LogP contribution < -0.4 is 15.5 Å². The number of piperidine rings is 1. The third-order valence-electron chi connectivity index (χ3n) is 7.47. The third kappa shape index (κ3) is 6.65. The van der Waals surface area contributed by atoms with Gasteiger partial charge in [-0.3, -0.25) is 0 Å². The van der Waals surface area contributed by atoms with E-state index in [2.05, 4.69) is 62.8 Å². The van der Waals surface area contributed by atoms with Crippen molar-refractivity contribution in [1.29, 1.82) is 0 Å². The van der Waals surface area contributed by atoms with Crippen molar-refractivity contribution < 1.29 is 32.6 Å². The highest BCUT2D eigenvalue weighted by atomic mass is 19.4. The molecular weight excluding hydrogens is 503 g/mol. The molecule has 1 aromatic carbocycles. The van der Waals surface area contributed by atoms with E-state index in [0.717, 1.165) is 43.1 Å². The molecule has 2 aromatic rings. The van der Waals surface area contributed by atoms with Crippen molar-refractivity contribution >= 4 is 23.7 Å². The lowest BCUT2D eigenvalue weighted by Crippen LogP contribution is -2.43. The third-order valence-corrected chi connectivity index (χ3v) is 7.47. The van der Waals surface area contributed by atoms with Gasteiger partial charge in [-0.1, -0.05) is 36.8 Å². The average molecular weight is 536 g/mol. The van der Waals surface area contributed by atoms with E-state index < -0.39 is 12.1 Å². The molecule has 3 N–H and O–H groups in total. The molecule has 3 aliphatic rings. The number of anilines is 2. The van der Waals surface area contributed by atoms with Gasteiger partial charge >= 0.3 is 18.2 Å². The fourth-order valence-electron chi connectivity index (χ4n) is 5.48. The Labute approximate surface area is 218 Å². The minimum atomic E-state index is -5.08. The van der Waals surface area contributed by atoms with Crippen LogP contribution in [0.2, 0.25) is 0 Å². The van der Waals surface area contributed by atoms with Gasteiger partial charge in [0.15, 0.2) is 0 Å². The Morgan fingerprint density at radius 2 is 1.82 bits per heavy atom. The van der Waals surface area contributed by atoms with Crippen LogP contribution in [0.3, 0.4) is 0 Å². The molecule has 2 aliphatic heterocycles. The number of carbonyl (C=O) groups is 2. The van der Waals surface area contributed by atoms with Crippen molar-refractivity contribution in [2.24, 2.45) is 5.92 Å². The number of alkyl carbamates (subject to hydrolysis) is 1. The summed E-state index contributed by atoms with van der Waals surface area (Å²) in [6.45, 7) is 4.49. The van der Waals surface area contributed by atoms with Gasteiger partial charge in [-0.15, -0.1) is 0 Å². The number of cyclic esters (lactones) is 1. The van der Waals surface area contributed by atoms with Crippen molar-refractivity contribution in [1.82, 2.24) is 15.3 Å². The highest BCUT2D eigenvalue weighted by Crippen LogP contribution is 2.37. The smallest absolute Gasteiger partial charge is 0.475 e. The van der Waals surface area contributed by atoms with Gasteiger partial charge in [-0.05, 0) is 44.1 Å². The lowest BCUT2D eigenvalue weighted by molar-refractivity contribution is -0.192. The number of nitrogens with one attached hydrogen (secondary N) is 2. The van der Waals surface area contributed by atoms with Crippen LogP contribution in [-0.2, 0) is 9.53 Å². The zero-order chi connectivity index (χ0) is 27.3. The average Bonchev–Trinajstić information content (AvgIpc) is 3.55. The van der Waals surface area contributed by atoms with E-state index in [1.54, 1.807) is 6.33 Å². The number of hydrogen-bond donors (Lipinski definition) is 3. The maximum atomic E-state index is 11.4. The number of carboxylic acid groups (broad SMARTS) is 1. The summed E-state index contributed by atoms with van der Waals surface area (Å²) in [7, 11) is 0. The van der Waals surface area contributed by atoms with Crippen LogP contribution in [0.25, 0.3) is 0 Å². The van der Waals surface area contributed by atoms with Crippen LogP contribution >= 0.6 is 0 Å². The minimum Gasteiger partial charge on any atom is -0.475 e. The fraction of sp³-hybridized carbons (Fsp3) is 0.538. The van der Waals surface area contributed by atoms with Crippen molar-refractivity contribution in [3.05, 3.63) is 47.8 Å². The van der Waals surface area contributed by atoms with Gasteiger partial charge < -0.3 is 25.4 Å². The van der Waals surface area contributed by atoms with Crippen molar-refractivity contribution in [2.45, 2.75) is 63.2 Å². The maximum absolute atomic E-state index is 11.4. The van der Waals surface area contributed by atoms with E-state index in [4.69, 9.17) is 14.6 Å². The Hall–Kier alpha value is -3.57. The molecule has 0 radical (unpaired) electrons. The van der Waals surface area contributed by atoms with Gasteiger partial charge in [0.25, 0.3) is 0 Å². The standard InChI is InChI=1S/C24H31N5O2.C2HF3O2/c1-16-22(27-20-9-5-8-19(20)17-6-3-2-4-7-17)25-15-26-23(16)29-12-10-18(11-13-29)21-14-31-24(30)28-21;3-2(4,5)1(6)7/h2-4,6-7,15,18-21H,5,8-14H2,1H3,(H,28,30)(H,25,26,27);(H,6,7)/t19-,20-,21?;/m1./s1. The summed E-state index contributed by atoms with van der Waals surface area (Å²) >= 11 is 0. The van der Waals surface area contributed by atoms with Crippen LogP contribution in [0.4, 0.5) is 29.6 Å². The number of ether oxygens (including phenoxy) is 1. The molecule has 1 amide bonds. The molecule has 206 valence electrons. The van der Waals surface area contributed by atoms with Gasteiger partial charge in [0, 0.05) is 30.6 Å². The van der Waals surface area contributed by atoms with Crippen LogP contribution in [-0.4, -0.2) is 65.1 Å². The van der Waals surface area contributed by atoms with E-state index in [0.29, 0.717) is 24.5 Å². The molecule has 2 saturated heterocycles. The number of halogens is 3. The molecule has 1 unspecified atom stereocenters. The second-order valence-electron chi connectivity index (χ2n) is 9.85. The number of aliphatic carboxylic acids is 1. The largest absolute Gasteiger partial charge is 0.490 e. The number of amides is 1. The first-order chi connectivity index (χ1) is 18.1. The SMILES string of the molecule is Cc1c(N[C@@H]2CCC[C@@H]2c2ccccc2)ncnc1N1CCC(C2COC(=O)N2)CC1.O=C(O)C(F)(F)F. The van der Waals surface area contributed by atoms with Crippen LogP contribution in [0, 0.1) is 12.8 Å². The summed E-state index contributed by atoms with van der Waals surface area (Å²) in [5.41, 5.74) is 2.53. The van der Waals surface area contributed by atoms with Gasteiger partial charge in [-0.2, -0.15) is 13.2 Å². The van der Waals surface area contributed by atoms with Gasteiger partial charge in [0.1, 0.15) is 24.6 Å². The Morgan fingerprint density at radius 1 is 1.13 bits per heavy atom. The zero-order valence-electron chi connectivity index (χ0n) is 21.1. The summed E-state index contributed by atoms with van der Waals surface area (Å²) in [5, 5.41) is 13.8. The van der Waals surface area contributed by atoms with Crippen molar-refractivity contribution in [3.8, 4) is 0 Å². The van der Waals surface area contributed by atoms with Gasteiger partial charge in [-0.25, -0.2) is 19.6 Å². The summed E-state index contributed by atoms with van der Waals surface area (Å²) in [6.07, 6.45) is 2.00. The molecule has 9 nitrogen and oxygen atoms in total. The second-order valence-corrected chi connectivity index (χ2v) is 9.85. The molecule has 0 spiro atoms. The van der Waals surface area contributed by atoms with E-state index in [1.807, 2.05) is 0 Å². The Morgan fingerprint density at radius 3 is 2.42 bits per heavy atom. The number of carboxylic acids is 1. The van der Waals surface area contributed by atoms with E-state index in [1.165, 1.54) is 24.8 Å². The quantitative estimate of drug-likeness (QED) is 0.513. The highest BCUT2D eigenvalue weighted by molar-refractivity contribution is 5.73. The predicted octanol–water partition coefficient (Wildman–Crippen LogP) is 4.49. The molecule has 12 heteroatoms. The van der Waals surface area contributed by atoms with E-state index in [-0.39, 0.29) is 12.1 Å². The van der Waals surface area contributed by atoms with Crippen LogP contribution in [0.15, 0.2) is 36.7 Å². The number of rotatable bonds is 5. The molecular formula is C26H32F3N5O4. The minimum absolute atomic E-state index is 0.149. The monoisotopic (exact) mass is 535 g/mol. The first kappa shape index (κ1) is 27.5. The number of benzene rings is 1. The van der Waals surface area contributed by atoms with E-state index >= 15 is 0 Å². The molecule has 5 rings (SSSR count). The second kappa shape index (κ2) is 11.9. The summed E-state index contributed by atoms with van der Waals surface area (Å²) in [5.74, 6) is 0.215. The molecule has 1 aromatic heterocycles. The molecule has 3 atom stereocenters. The Kier molecular flexibility index (Phi) is 8.58. The van der Waals surface area contributed by atoms with Crippen LogP contribution in [0.1, 0.15) is 49.1 Å².